The van der Waals surface area contributed by atoms with Crippen LogP contribution in [0, 0.1) is 5.82 Å². The number of hydrogen-bond donors (Lipinski definition) is 3. The Morgan fingerprint density at radius 1 is 1.17 bits per heavy atom. The Hall–Kier alpha value is -2.91. The Morgan fingerprint density at radius 3 is 2.97 bits per heavy atom. The van der Waals surface area contributed by atoms with Gasteiger partial charge in [-0.1, -0.05) is 47.4 Å². The Labute approximate surface area is 174 Å². The van der Waals surface area contributed by atoms with E-state index < -0.39 is 0 Å². The fourth-order valence-electron chi connectivity index (χ4n) is 2.86. The Kier molecular flexibility index (Phi) is 6.06. The second-order valence-corrected chi connectivity index (χ2v) is 8.46. The fraction of sp³-hybridized carbons (Fsp3) is 0.150. The number of thioether (sulfide) groups is 1. The highest BCUT2D eigenvalue weighted by Gasteiger charge is 2.09. The highest BCUT2D eigenvalue weighted by Crippen LogP contribution is 2.27. The molecule has 0 unspecified atom stereocenters. The average molecular weight is 428 g/mol. The molecule has 6 nitrogen and oxygen atoms in total. The van der Waals surface area contributed by atoms with Gasteiger partial charge in [0, 0.05) is 29.3 Å². The minimum Gasteiger partial charge on any atom is -0.361 e. The number of nitrogens with zero attached hydrogens (tertiary/aromatic N) is 2. The van der Waals surface area contributed by atoms with Gasteiger partial charge in [0.2, 0.25) is 11.0 Å². The van der Waals surface area contributed by atoms with Crippen LogP contribution in [0.1, 0.15) is 5.56 Å². The molecular weight excluding hydrogens is 409 g/mol. The van der Waals surface area contributed by atoms with Crippen molar-refractivity contribution in [3.05, 3.63) is 66.1 Å². The standard InChI is InChI=1S/C20H18FN5OS2/c21-14-4-3-5-15(10-14)24-19-25-26-20(29-19)28-12-18(27)22-9-8-13-11-23-17-7-2-1-6-16(13)17/h1-7,10-11,23H,8-9,12H2,(H,22,27)(H,24,25). The lowest BCUT2D eigenvalue weighted by atomic mass is 10.1. The van der Waals surface area contributed by atoms with Gasteiger partial charge in [-0.25, -0.2) is 4.39 Å². The van der Waals surface area contributed by atoms with Crippen LogP contribution in [0.5, 0.6) is 0 Å². The number of aromatic nitrogens is 3. The largest absolute Gasteiger partial charge is 0.361 e. The number of carbonyl (C=O) groups is 1. The van der Waals surface area contributed by atoms with Gasteiger partial charge in [0.15, 0.2) is 4.34 Å². The number of carbonyl (C=O) groups excluding carboxylic acids is 1. The third-order valence-electron chi connectivity index (χ3n) is 4.20. The van der Waals surface area contributed by atoms with Crippen molar-refractivity contribution in [2.45, 2.75) is 10.8 Å². The van der Waals surface area contributed by atoms with Crippen LogP contribution >= 0.6 is 23.1 Å². The summed E-state index contributed by atoms with van der Waals surface area (Å²) in [5.74, 6) is -0.106. The zero-order chi connectivity index (χ0) is 20.1. The number of para-hydroxylation sites is 1. The maximum atomic E-state index is 13.2. The fourth-order valence-corrected chi connectivity index (χ4v) is 4.46. The second kappa shape index (κ2) is 9.06. The zero-order valence-electron chi connectivity index (χ0n) is 15.3. The van der Waals surface area contributed by atoms with Gasteiger partial charge in [-0.15, -0.1) is 10.2 Å². The molecule has 4 rings (SSSR count). The van der Waals surface area contributed by atoms with Crippen LogP contribution in [0.4, 0.5) is 15.2 Å². The molecule has 4 aromatic rings. The monoisotopic (exact) mass is 427 g/mol. The van der Waals surface area contributed by atoms with Crippen molar-refractivity contribution < 1.29 is 9.18 Å². The number of H-pyrrole nitrogens is 1. The molecule has 3 N–H and O–H groups in total. The first-order valence-electron chi connectivity index (χ1n) is 8.98. The SMILES string of the molecule is O=C(CSc1nnc(Nc2cccc(F)c2)s1)NCCc1c[nH]c2ccccc12. The number of hydrogen-bond acceptors (Lipinski definition) is 6. The van der Waals surface area contributed by atoms with E-state index in [1.807, 2.05) is 24.4 Å². The Bertz CT molecular complexity index is 1130. The molecule has 9 heteroatoms. The molecule has 0 bridgehead atoms. The van der Waals surface area contributed by atoms with E-state index >= 15 is 0 Å². The molecule has 148 valence electrons. The van der Waals surface area contributed by atoms with E-state index in [1.54, 1.807) is 12.1 Å². The van der Waals surface area contributed by atoms with Crippen molar-refractivity contribution in [1.82, 2.24) is 20.5 Å². The summed E-state index contributed by atoms with van der Waals surface area (Å²) in [4.78, 5) is 15.3. The van der Waals surface area contributed by atoms with Crippen LogP contribution in [0.3, 0.4) is 0 Å². The van der Waals surface area contributed by atoms with Gasteiger partial charge in [-0.3, -0.25) is 4.79 Å². The van der Waals surface area contributed by atoms with Crippen LogP contribution in [0.15, 0.2) is 59.1 Å². The molecule has 0 radical (unpaired) electrons. The van der Waals surface area contributed by atoms with Crippen molar-refractivity contribution in [3.8, 4) is 0 Å². The van der Waals surface area contributed by atoms with Gasteiger partial charge >= 0.3 is 0 Å². The molecule has 0 aliphatic rings. The summed E-state index contributed by atoms with van der Waals surface area (Å²) in [6.45, 7) is 0.573. The maximum absolute atomic E-state index is 13.2. The third-order valence-corrected chi connectivity index (χ3v) is 6.17. The quantitative estimate of drug-likeness (QED) is 0.364. The molecule has 29 heavy (non-hydrogen) atoms. The first kappa shape index (κ1) is 19.4. The minimum absolute atomic E-state index is 0.0512. The number of nitrogens with one attached hydrogen (secondary N) is 3. The first-order chi connectivity index (χ1) is 14.2. The van der Waals surface area contributed by atoms with E-state index in [4.69, 9.17) is 0 Å². The molecule has 0 spiro atoms. The Balaban J connectivity index is 1.22. The molecule has 0 aliphatic heterocycles. The lowest BCUT2D eigenvalue weighted by Gasteiger charge is -2.03. The number of fused-ring (bicyclic) bond motifs is 1. The molecule has 0 saturated heterocycles. The van der Waals surface area contributed by atoms with Crippen LogP contribution in [0.25, 0.3) is 10.9 Å². The lowest BCUT2D eigenvalue weighted by molar-refractivity contribution is -0.118. The van der Waals surface area contributed by atoms with Crippen molar-refractivity contribution >= 4 is 50.7 Å². The molecule has 0 aliphatic carbocycles. The molecule has 2 heterocycles. The summed E-state index contributed by atoms with van der Waals surface area (Å²) in [6, 6.07) is 14.2. The summed E-state index contributed by atoms with van der Waals surface area (Å²) in [7, 11) is 0. The van der Waals surface area contributed by atoms with E-state index in [0.29, 0.717) is 21.7 Å². The van der Waals surface area contributed by atoms with Crippen molar-refractivity contribution in [2.24, 2.45) is 0 Å². The molecule has 2 aromatic carbocycles. The van der Waals surface area contributed by atoms with Crippen molar-refractivity contribution in [3.63, 3.8) is 0 Å². The van der Waals surface area contributed by atoms with Crippen molar-refractivity contribution in [1.29, 1.82) is 0 Å². The number of amides is 1. The summed E-state index contributed by atoms with van der Waals surface area (Å²) in [5, 5.41) is 15.8. The predicted molar refractivity (Wildman–Crippen MR) is 115 cm³/mol. The molecule has 0 saturated carbocycles. The van der Waals surface area contributed by atoms with Gasteiger partial charge in [0.05, 0.1) is 5.75 Å². The third kappa shape index (κ3) is 5.12. The van der Waals surface area contributed by atoms with E-state index in [9.17, 15) is 9.18 Å². The maximum Gasteiger partial charge on any atom is 0.230 e. The summed E-state index contributed by atoms with van der Waals surface area (Å²) < 4.78 is 13.9. The van der Waals surface area contributed by atoms with Crippen LogP contribution in [-0.4, -0.2) is 33.4 Å². The topological polar surface area (TPSA) is 82.7 Å². The lowest BCUT2D eigenvalue weighted by Crippen LogP contribution is -2.27. The molecule has 2 aromatic heterocycles. The second-order valence-electron chi connectivity index (χ2n) is 6.26. The van der Waals surface area contributed by atoms with Crippen LogP contribution < -0.4 is 10.6 Å². The minimum atomic E-state index is -0.321. The highest BCUT2D eigenvalue weighted by atomic mass is 32.2. The number of benzene rings is 2. The van der Waals surface area contributed by atoms with E-state index in [0.717, 1.165) is 11.9 Å². The zero-order valence-corrected chi connectivity index (χ0v) is 16.9. The van der Waals surface area contributed by atoms with E-state index in [1.165, 1.54) is 46.2 Å². The van der Waals surface area contributed by atoms with Crippen LogP contribution in [-0.2, 0) is 11.2 Å². The number of anilines is 2. The summed E-state index contributed by atoms with van der Waals surface area (Å²) >= 11 is 2.65. The van der Waals surface area contributed by atoms with Crippen LogP contribution in [0.2, 0.25) is 0 Å². The molecule has 0 atom stereocenters. The summed E-state index contributed by atoms with van der Waals surface area (Å²) in [6.07, 6.45) is 2.75. The first-order valence-corrected chi connectivity index (χ1v) is 10.8. The molecule has 0 fully saturated rings. The molecule has 1 amide bonds. The van der Waals surface area contributed by atoms with Gasteiger partial charge in [0.1, 0.15) is 5.82 Å². The normalized spacial score (nSPS) is 10.9. The smallest absolute Gasteiger partial charge is 0.230 e. The van der Waals surface area contributed by atoms with Gasteiger partial charge in [-0.05, 0) is 36.2 Å². The van der Waals surface area contributed by atoms with Crippen molar-refractivity contribution in [2.75, 3.05) is 17.6 Å². The van der Waals surface area contributed by atoms with Gasteiger partial charge in [0.25, 0.3) is 0 Å². The number of rotatable bonds is 8. The highest BCUT2D eigenvalue weighted by molar-refractivity contribution is 8.01. The average Bonchev–Trinajstić information content (AvgIpc) is 3.34. The van der Waals surface area contributed by atoms with Gasteiger partial charge < -0.3 is 15.6 Å². The number of aromatic amines is 1. The number of halogens is 1. The Morgan fingerprint density at radius 2 is 2.07 bits per heavy atom. The van der Waals surface area contributed by atoms with Gasteiger partial charge in [-0.2, -0.15) is 0 Å². The molecular formula is C20H18FN5OS2. The van der Waals surface area contributed by atoms with E-state index in [2.05, 4.69) is 31.9 Å². The summed E-state index contributed by atoms with van der Waals surface area (Å²) in [5.41, 5.74) is 2.89. The predicted octanol–water partition coefficient (Wildman–Crippen LogP) is 4.35. The van der Waals surface area contributed by atoms with E-state index in [-0.39, 0.29) is 17.5 Å².